The first-order valence-corrected chi connectivity index (χ1v) is 11.1. The van der Waals surface area contributed by atoms with Crippen LogP contribution in [0, 0.1) is 0 Å². The van der Waals surface area contributed by atoms with Crippen LogP contribution in [0.4, 0.5) is 0 Å². The number of ether oxygens (including phenoxy) is 1. The van der Waals surface area contributed by atoms with Crippen LogP contribution >= 0.6 is 0 Å². The lowest BCUT2D eigenvalue weighted by molar-refractivity contribution is -0.139. The number of carbonyl (C=O) groups is 2. The zero-order valence-electron chi connectivity index (χ0n) is 18.4. The van der Waals surface area contributed by atoms with Crippen LogP contribution in [0.2, 0.25) is 0 Å². The molecule has 0 spiro atoms. The van der Waals surface area contributed by atoms with Crippen LogP contribution in [0.3, 0.4) is 0 Å². The van der Waals surface area contributed by atoms with Gasteiger partial charge in [0.1, 0.15) is 11.5 Å². The Morgan fingerprint density at radius 1 is 0.969 bits per heavy atom. The van der Waals surface area contributed by atoms with E-state index >= 15 is 0 Å². The Bertz CT molecular complexity index is 1180. The van der Waals surface area contributed by atoms with Crippen molar-refractivity contribution < 1.29 is 19.4 Å². The highest BCUT2D eigenvalue weighted by molar-refractivity contribution is 6.46. The van der Waals surface area contributed by atoms with Crippen molar-refractivity contribution in [1.82, 2.24) is 4.90 Å². The number of hydrogen-bond donors (Lipinski definition) is 1. The van der Waals surface area contributed by atoms with Crippen molar-refractivity contribution in [3.05, 3.63) is 83.4 Å². The summed E-state index contributed by atoms with van der Waals surface area (Å²) in [7, 11) is 0. The summed E-state index contributed by atoms with van der Waals surface area (Å²) in [5.74, 6) is -0.645. The van der Waals surface area contributed by atoms with Gasteiger partial charge in [0.15, 0.2) is 0 Å². The third-order valence-electron chi connectivity index (χ3n) is 5.82. The Hall–Kier alpha value is -3.60. The minimum absolute atomic E-state index is 0.130. The van der Waals surface area contributed by atoms with Crippen molar-refractivity contribution in [2.24, 2.45) is 0 Å². The van der Waals surface area contributed by atoms with Gasteiger partial charge in [-0.25, -0.2) is 0 Å². The summed E-state index contributed by atoms with van der Waals surface area (Å²) in [6.07, 6.45) is 1.67. The molecule has 0 saturated carbocycles. The fraction of sp³-hybridized carbons (Fsp3) is 0.259. The number of aliphatic hydroxyl groups is 1. The maximum absolute atomic E-state index is 13.1. The average molecular weight is 430 g/mol. The lowest BCUT2D eigenvalue weighted by Gasteiger charge is -2.25. The van der Waals surface area contributed by atoms with Gasteiger partial charge in [0.05, 0.1) is 18.2 Å². The molecule has 0 bridgehead atoms. The molecule has 0 aliphatic carbocycles. The lowest BCUT2D eigenvalue weighted by atomic mass is 9.94. The second-order valence-corrected chi connectivity index (χ2v) is 7.91. The quantitative estimate of drug-likeness (QED) is 0.308. The van der Waals surface area contributed by atoms with Crippen molar-refractivity contribution >= 4 is 28.2 Å². The molecule has 4 rings (SSSR count). The summed E-state index contributed by atoms with van der Waals surface area (Å²) in [4.78, 5) is 27.6. The zero-order valence-corrected chi connectivity index (χ0v) is 18.4. The standard InChI is InChI=1S/C27H27NO4/c1-3-5-16-28-24(19-12-14-22(15-13-19)32-4-2)23(26(30)27(28)31)25(29)21-11-10-18-8-6-7-9-20(18)17-21/h6-15,17,24,29H,3-5,16H2,1-2H3/b25-23-. The van der Waals surface area contributed by atoms with Crippen LogP contribution in [0.15, 0.2) is 72.3 Å². The van der Waals surface area contributed by atoms with Crippen molar-refractivity contribution in [3.63, 3.8) is 0 Å². The molecule has 1 heterocycles. The number of Topliss-reactive ketones (excluding diaryl/α,β-unsaturated/α-hetero) is 1. The van der Waals surface area contributed by atoms with E-state index in [9.17, 15) is 14.7 Å². The van der Waals surface area contributed by atoms with E-state index in [0.717, 1.165) is 34.9 Å². The number of amides is 1. The predicted molar refractivity (Wildman–Crippen MR) is 125 cm³/mol. The van der Waals surface area contributed by atoms with Gasteiger partial charge < -0.3 is 14.7 Å². The molecular formula is C27H27NO4. The SMILES string of the molecule is CCCCN1C(=O)C(=O)/C(=C(\O)c2ccc3ccccc3c2)C1c1ccc(OCC)cc1. The van der Waals surface area contributed by atoms with Crippen LogP contribution in [-0.2, 0) is 9.59 Å². The van der Waals surface area contributed by atoms with Crippen LogP contribution < -0.4 is 4.74 Å². The summed E-state index contributed by atoms with van der Waals surface area (Å²) in [5, 5.41) is 13.2. The van der Waals surface area contributed by atoms with E-state index in [2.05, 4.69) is 0 Å². The summed E-state index contributed by atoms with van der Waals surface area (Å²) < 4.78 is 5.53. The van der Waals surface area contributed by atoms with E-state index in [1.54, 1.807) is 11.0 Å². The van der Waals surface area contributed by atoms with E-state index in [1.807, 2.05) is 74.5 Å². The molecule has 1 amide bonds. The number of benzene rings is 3. The van der Waals surface area contributed by atoms with Gasteiger partial charge in [-0.15, -0.1) is 0 Å². The highest BCUT2D eigenvalue weighted by Gasteiger charge is 2.45. The highest BCUT2D eigenvalue weighted by atomic mass is 16.5. The molecule has 32 heavy (non-hydrogen) atoms. The summed E-state index contributed by atoms with van der Waals surface area (Å²) in [6, 6.07) is 20.1. The molecule has 1 atom stereocenters. The second-order valence-electron chi connectivity index (χ2n) is 7.91. The number of unbranched alkanes of at least 4 members (excludes halogenated alkanes) is 1. The van der Waals surface area contributed by atoms with Gasteiger partial charge in [-0.3, -0.25) is 9.59 Å². The molecule has 164 valence electrons. The average Bonchev–Trinajstić information content (AvgIpc) is 3.07. The number of nitrogens with zero attached hydrogens (tertiary/aromatic N) is 1. The first kappa shape index (κ1) is 21.6. The molecule has 1 N–H and O–H groups in total. The smallest absolute Gasteiger partial charge is 0.295 e. The van der Waals surface area contributed by atoms with Crippen LogP contribution in [-0.4, -0.2) is 34.8 Å². The summed E-state index contributed by atoms with van der Waals surface area (Å²) >= 11 is 0. The topological polar surface area (TPSA) is 66.8 Å². The molecule has 1 aliphatic heterocycles. The minimum atomic E-state index is -0.648. The Morgan fingerprint density at radius 3 is 2.38 bits per heavy atom. The summed E-state index contributed by atoms with van der Waals surface area (Å²) in [6.45, 7) is 4.96. The molecule has 5 heteroatoms. The van der Waals surface area contributed by atoms with Gasteiger partial charge in [0.25, 0.3) is 11.7 Å². The van der Waals surface area contributed by atoms with E-state index in [1.165, 1.54) is 0 Å². The Kier molecular flexibility index (Phi) is 6.26. The van der Waals surface area contributed by atoms with Crippen LogP contribution in [0.1, 0.15) is 43.9 Å². The van der Waals surface area contributed by atoms with Crippen molar-refractivity contribution in [2.45, 2.75) is 32.7 Å². The minimum Gasteiger partial charge on any atom is -0.507 e. The number of ketones is 1. The van der Waals surface area contributed by atoms with E-state index < -0.39 is 17.7 Å². The lowest BCUT2D eigenvalue weighted by Crippen LogP contribution is -2.30. The first-order valence-electron chi connectivity index (χ1n) is 11.1. The monoisotopic (exact) mass is 429 g/mol. The molecule has 0 radical (unpaired) electrons. The van der Waals surface area contributed by atoms with Gasteiger partial charge in [0, 0.05) is 12.1 Å². The zero-order chi connectivity index (χ0) is 22.7. The molecule has 3 aromatic carbocycles. The van der Waals surface area contributed by atoms with Gasteiger partial charge >= 0.3 is 0 Å². The normalized spacial score (nSPS) is 17.8. The molecule has 1 unspecified atom stereocenters. The Morgan fingerprint density at radius 2 is 1.69 bits per heavy atom. The Balaban J connectivity index is 1.83. The van der Waals surface area contributed by atoms with Crippen molar-refractivity contribution in [3.8, 4) is 5.75 Å². The summed E-state index contributed by atoms with van der Waals surface area (Å²) in [5.41, 5.74) is 1.42. The molecule has 1 fully saturated rings. The van der Waals surface area contributed by atoms with Gasteiger partial charge in [-0.1, -0.05) is 61.9 Å². The molecule has 1 aliphatic rings. The molecule has 1 saturated heterocycles. The Labute approximate surface area is 187 Å². The van der Waals surface area contributed by atoms with Crippen molar-refractivity contribution in [2.75, 3.05) is 13.2 Å². The van der Waals surface area contributed by atoms with Crippen LogP contribution in [0.25, 0.3) is 16.5 Å². The fourth-order valence-electron chi connectivity index (χ4n) is 4.19. The largest absolute Gasteiger partial charge is 0.507 e. The third-order valence-corrected chi connectivity index (χ3v) is 5.82. The first-order chi connectivity index (χ1) is 15.5. The number of rotatable bonds is 7. The van der Waals surface area contributed by atoms with E-state index in [0.29, 0.717) is 18.7 Å². The molecule has 0 aromatic heterocycles. The van der Waals surface area contributed by atoms with E-state index in [4.69, 9.17) is 4.74 Å². The number of carbonyl (C=O) groups excluding carboxylic acids is 2. The molecular weight excluding hydrogens is 402 g/mol. The van der Waals surface area contributed by atoms with Gasteiger partial charge in [0.2, 0.25) is 0 Å². The van der Waals surface area contributed by atoms with E-state index in [-0.39, 0.29) is 11.3 Å². The molecule has 3 aromatic rings. The third kappa shape index (κ3) is 3.98. The van der Waals surface area contributed by atoms with Gasteiger partial charge in [-0.2, -0.15) is 0 Å². The van der Waals surface area contributed by atoms with Gasteiger partial charge in [-0.05, 0) is 47.9 Å². The predicted octanol–water partition coefficient (Wildman–Crippen LogP) is 5.46. The fourth-order valence-corrected chi connectivity index (χ4v) is 4.19. The van der Waals surface area contributed by atoms with Crippen LogP contribution in [0.5, 0.6) is 5.75 Å². The number of aliphatic hydroxyl groups excluding tert-OH is 1. The second kappa shape index (κ2) is 9.27. The maximum atomic E-state index is 13.1. The maximum Gasteiger partial charge on any atom is 0.295 e. The van der Waals surface area contributed by atoms with Crippen molar-refractivity contribution in [1.29, 1.82) is 0 Å². The number of hydrogen-bond acceptors (Lipinski definition) is 4. The number of likely N-dealkylation sites (tertiary alicyclic amines) is 1. The molecule has 5 nitrogen and oxygen atoms in total. The number of fused-ring (bicyclic) bond motifs is 1. The highest BCUT2D eigenvalue weighted by Crippen LogP contribution is 2.40.